The minimum atomic E-state index is -0.459. The second kappa shape index (κ2) is 6.85. The fourth-order valence-electron chi connectivity index (χ4n) is 3.66. The summed E-state index contributed by atoms with van der Waals surface area (Å²) in [5, 5.41) is 0. The van der Waals surface area contributed by atoms with E-state index >= 15 is 0 Å². The van der Waals surface area contributed by atoms with Gasteiger partial charge in [-0.1, -0.05) is 12.1 Å². The third-order valence-corrected chi connectivity index (χ3v) is 5.07. The molecule has 1 aromatic rings. The van der Waals surface area contributed by atoms with Crippen LogP contribution in [0, 0.1) is 5.92 Å². The third kappa shape index (κ3) is 3.56. The van der Waals surface area contributed by atoms with Crippen LogP contribution in [0.2, 0.25) is 0 Å². The van der Waals surface area contributed by atoms with Crippen LogP contribution in [0.5, 0.6) is 0 Å². The molecular formula is C19H24N2O3. The predicted molar refractivity (Wildman–Crippen MR) is 90.8 cm³/mol. The summed E-state index contributed by atoms with van der Waals surface area (Å²) in [6, 6.07) is 5.16. The molecule has 1 aromatic carbocycles. The molecule has 1 aliphatic heterocycles. The molecule has 0 radical (unpaired) electrons. The van der Waals surface area contributed by atoms with Gasteiger partial charge in [0.05, 0.1) is 6.04 Å². The van der Waals surface area contributed by atoms with Crippen LogP contribution < -0.4 is 5.73 Å². The highest BCUT2D eigenvalue weighted by Crippen LogP contribution is 2.24. The van der Waals surface area contributed by atoms with Crippen LogP contribution >= 0.6 is 0 Å². The third-order valence-electron chi connectivity index (χ3n) is 5.07. The molecule has 24 heavy (non-hydrogen) atoms. The predicted octanol–water partition coefficient (Wildman–Crippen LogP) is 1.51. The fourth-order valence-corrected chi connectivity index (χ4v) is 3.66. The number of nitrogens with zero attached hydrogens (tertiary/aromatic N) is 1. The van der Waals surface area contributed by atoms with Gasteiger partial charge in [0.1, 0.15) is 5.78 Å². The molecule has 1 amide bonds. The summed E-state index contributed by atoms with van der Waals surface area (Å²) in [7, 11) is 0. The first-order valence-electron chi connectivity index (χ1n) is 8.65. The quantitative estimate of drug-likeness (QED) is 0.831. The van der Waals surface area contributed by atoms with E-state index < -0.39 is 6.04 Å². The van der Waals surface area contributed by atoms with Crippen molar-refractivity contribution >= 4 is 17.5 Å². The highest BCUT2D eigenvalue weighted by Gasteiger charge is 2.28. The SMILES string of the molecule is C[C@H](N)C(=O)N1CC[C@@H](CCC(=O)c2ccc3c(c2)CC(=O)C3)C1. The number of likely N-dealkylation sites (tertiary alicyclic amines) is 1. The number of Topliss-reactive ketones (excluding diaryl/α,β-unsaturated/α-hetero) is 2. The lowest BCUT2D eigenvalue weighted by molar-refractivity contribution is -0.131. The molecule has 1 saturated heterocycles. The van der Waals surface area contributed by atoms with E-state index in [0.717, 1.165) is 30.5 Å². The van der Waals surface area contributed by atoms with Gasteiger partial charge < -0.3 is 10.6 Å². The number of hydrogen-bond acceptors (Lipinski definition) is 4. The van der Waals surface area contributed by atoms with Crippen molar-refractivity contribution in [3.63, 3.8) is 0 Å². The molecule has 3 rings (SSSR count). The van der Waals surface area contributed by atoms with Crippen molar-refractivity contribution in [1.29, 1.82) is 0 Å². The van der Waals surface area contributed by atoms with Crippen LogP contribution in [0.3, 0.4) is 0 Å². The zero-order chi connectivity index (χ0) is 17.3. The molecule has 0 spiro atoms. The van der Waals surface area contributed by atoms with Crippen LogP contribution in [0.15, 0.2) is 18.2 Å². The maximum Gasteiger partial charge on any atom is 0.239 e. The van der Waals surface area contributed by atoms with Crippen LogP contribution in [0.1, 0.15) is 47.7 Å². The molecule has 0 bridgehead atoms. The van der Waals surface area contributed by atoms with E-state index in [0.29, 0.717) is 37.3 Å². The Kier molecular flexibility index (Phi) is 4.81. The van der Waals surface area contributed by atoms with Gasteiger partial charge in [-0.3, -0.25) is 14.4 Å². The second-order valence-corrected chi connectivity index (χ2v) is 7.07. The van der Waals surface area contributed by atoms with Crippen molar-refractivity contribution in [1.82, 2.24) is 4.90 Å². The minimum absolute atomic E-state index is 0.00730. The summed E-state index contributed by atoms with van der Waals surface area (Å²) >= 11 is 0. The van der Waals surface area contributed by atoms with Crippen molar-refractivity contribution in [2.45, 2.75) is 45.1 Å². The van der Waals surface area contributed by atoms with Crippen molar-refractivity contribution in [2.24, 2.45) is 11.7 Å². The minimum Gasteiger partial charge on any atom is -0.341 e. The molecule has 2 aliphatic rings. The summed E-state index contributed by atoms with van der Waals surface area (Å²) < 4.78 is 0. The van der Waals surface area contributed by atoms with Gasteiger partial charge >= 0.3 is 0 Å². The Morgan fingerprint density at radius 1 is 1.29 bits per heavy atom. The Hall–Kier alpha value is -2.01. The van der Waals surface area contributed by atoms with E-state index in [1.807, 2.05) is 18.2 Å². The van der Waals surface area contributed by atoms with Crippen molar-refractivity contribution in [2.75, 3.05) is 13.1 Å². The smallest absolute Gasteiger partial charge is 0.239 e. The standard InChI is InChI=1S/C19H24N2O3/c1-12(20)19(24)21-7-6-13(11-21)2-5-18(23)15-4-3-14-9-17(22)10-16(14)8-15/h3-4,8,12-13H,2,5-7,9-11,20H2,1H3/t12-,13+/m0/s1. The van der Waals surface area contributed by atoms with Gasteiger partial charge in [-0.2, -0.15) is 0 Å². The van der Waals surface area contributed by atoms with Gasteiger partial charge in [0, 0.05) is 37.9 Å². The summed E-state index contributed by atoms with van der Waals surface area (Å²) in [6.45, 7) is 3.14. The molecule has 2 N–H and O–H groups in total. The van der Waals surface area contributed by atoms with Gasteiger partial charge in [-0.25, -0.2) is 0 Å². The van der Waals surface area contributed by atoms with Crippen LogP contribution in [0.4, 0.5) is 0 Å². The maximum atomic E-state index is 12.4. The topological polar surface area (TPSA) is 80.5 Å². The van der Waals surface area contributed by atoms with Crippen molar-refractivity contribution < 1.29 is 14.4 Å². The van der Waals surface area contributed by atoms with Gasteiger partial charge in [0.25, 0.3) is 0 Å². The molecule has 0 unspecified atom stereocenters. The zero-order valence-electron chi connectivity index (χ0n) is 14.1. The van der Waals surface area contributed by atoms with Crippen LogP contribution in [0.25, 0.3) is 0 Å². The van der Waals surface area contributed by atoms with Crippen LogP contribution in [-0.4, -0.2) is 41.5 Å². The molecule has 128 valence electrons. The maximum absolute atomic E-state index is 12.4. The molecular weight excluding hydrogens is 304 g/mol. The monoisotopic (exact) mass is 328 g/mol. The van der Waals surface area contributed by atoms with E-state index in [1.54, 1.807) is 11.8 Å². The number of benzene rings is 1. The lowest BCUT2D eigenvalue weighted by Crippen LogP contribution is -2.40. The van der Waals surface area contributed by atoms with Crippen LogP contribution in [-0.2, 0) is 22.4 Å². The van der Waals surface area contributed by atoms with Gasteiger partial charge in [-0.15, -0.1) is 0 Å². The number of carbonyl (C=O) groups excluding carboxylic acids is 3. The largest absolute Gasteiger partial charge is 0.341 e. The highest BCUT2D eigenvalue weighted by molar-refractivity contribution is 5.97. The van der Waals surface area contributed by atoms with Crippen molar-refractivity contribution in [3.05, 3.63) is 34.9 Å². The van der Waals surface area contributed by atoms with E-state index in [-0.39, 0.29) is 17.5 Å². The summed E-state index contributed by atoms with van der Waals surface area (Å²) in [6.07, 6.45) is 3.16. The highest BCUT2D eigenvalue weighted by atomic mass is 16.2. The molecule has 2 atom stereocenters. The normalized spacial score (nSPS) is 21.0. The number of rotatable bonds is 5. The Balaban J connectivity index is 1.53. The van der Waals surface area contributed by atoms with Gasteiger partial charge in [0.2, 0.25) is 5.91 Å². The van der Waals surface area contributed by atoms with E-state index in [4.69, 9.17) is 5.73 Å². The van der Waals surface area contributed by atoms with E-state index in [9.17, 15) is 14.4 Å². The Morgan fingerprint density at radius 3 is 2.79 bits per heavy atom. The summed E-state index contributed by atoms with van der Waals surface area (Å²) in [4.78, 5) is 37.6. The molecule has 1 heterocycles. The number of carbonyl (C=O) groups is 3. The molecule has 1 fully saturated rings. The van der Waals surface area contributed by atoms with Gasteiger partial charge in [-0.05, 0) is 42.9 Å². The van der Waals surface area contributed by atoms with E-state index in [2.05, 4.69) is 0 Å². The zero-order valence-corrected chi connectivity index (χ0v) is 14.1. The average Bonchev–Trinajstić information content (AvgIpc) is 3.16. The molecule has 5 nitrogen and oxygen atoms in total. The number of ketones is 2. The molecule has 0 saturated carbocycles. The lowest BCUT2D eigenvalue weighted by atomic mass is 9.96. The Morgan fingerprint density at radius 2 is 2.04 bits per heavy atom. The first-order chi connectivity index (χ1) is 11.4. The summed E-state index contributed by atoms with van der Waals surface area (Å²) in [5.41, 5.74) is 8.40. The summed E-state index contributed by atoms with van der Waals surface area (Å²) in [5.74, 6) is 0.702. The Bertz CT molecular complexity index is 681. The number of hydrogen-bond donors (Lipinski definition) is 1. The number of fused-ring (bicyclic) bond motifs is 1. The van der Waals surface area contributed by atoms with Crippen molar-refractivity contribution in [3.8, 4) is 0 Å². The first kappa shape index (κ1) is 16.8. The fraction of sp³-hybridized carbons (Fsp3) is 0.526. The van der Waals surface area contributed by atoms with Gasteiger partial charge in [0.15, 0.2) is 5.78 Å². The number of nitrogens with two attached hydrogens (primary N) is 1. The number of amides is 1. The second-order valence-electron chi connectivity index (χ2n) is 7.07. The molecule has 5 heteroatoms. The average molecular weight is 328 g/mol. The van der Waals surface area contributed by atoms with E-state index in [1.165, 1.54) is 0 Å². The Labute approximate surface area is 142 Å². The molecule has 0 aromatic heterocycles. The lowest BCUT2D eigenvalue weighted by Gasteiger charge is -2.18. The first-order valence-corrected chi connectivity index (χ1v) is 8.65. The molecule has 1 aliphatic carbocycles.